The number of hydrogen-bond acceptors (Lipinski definition) is 9. The van der Waals surface area contributed by atoms with Gasteiger partial charge in [-0.3, -0.25) is 14.2 Å². The molecular weight excluding hydrogens is 446 g/mol. The van der Waals surface area contributed by atoms with Crippen molar-refractivity contribution in [3.8, 4) is 6.07 Å². The van der Waals surface area contributed by atoms with E-state index >= 15 is 0 Å². The van der Waals surface area contributed by atoms with Gasteiger partial charge >= 0.3 is 0 Å². The molecule has 7 N–H and O–H groups in total. The van der Waals surface area contributed by atoms with Crippen LogP contribution in [0.3, 0.4) is 0 Å². The normalized spacial score (nSPS) is 14.1. The van der Waals surface area contributed by atoms with E-state index in [1.807, 2.05) is 6.07 Å². The number of nitrogens with zero attached hydrogens (tertiary/aromatic N) is 5. The first kappa shape index (κ1) is 22.3. The lowest BCUT2D eigenvalue weighted by Gasteiger charge is -2.23. The van der Waals surface area contributed by atoms with Crippen LogP contribution in [0.1, 0.15) is 43.1 Å². The highest BCUT2D eigenvalue weighted by molar-refractivity contribution is 6.35. The second-order valence-electron chi connectivity index (χ2n) is 7.89. The Balaban J connectivity index is 1.86. The summed E-state index contributed by atoms with van der Waals surface area (Å²) in [6.45, 7) is 0.218. The van der Waals surface area contributed by atoms with Gasteiger partial charge in [0.05, 0.1) is 22.0 Å². The number of carbonyl (C=O) groups excluding carboxylic acids is 1. The molecule has 2 heterocycles. The van der Waals surface area contributed by atoms with Gasteiger partial charge in [-0.1, -0.05) is 17.7 Å². The second kappa shape index (κ2) is 8.91. The average molecular weight is 468 g/mol. The maximum absolute atomic E-state index is 13.5. The van der Waals surface area contributed by atoms with Crippen LogP contribution in [-0.2, 0) is 11.3 Å². The zero-order valence-electron chi connectivity index (χ0n) is 17.6. The highest BCUT2D eigenvalue weighted by Crippen LogP contribution is 2.43. The third-order valence-corrected chi connectivity index (χ3v) is 5.81. The molecule has 1 aliphatic rings. The fraction of sp³-hybridized carbons (Fsp3) is 0.333. The van der Waals surface area contributed by atoms with E-state index in [1.54, 1.807) is 18.2 Å². The number of amides is 1. The lowest BCUT2D eigenvalue weighted by atomic mass is 10.1. The van der Waals surface area contributed by atoms with Crippen LogP contribution >= 0.6 is 11.6 Å². The van der Waals surface area contributed by atoms with Gasteiger partial charge in [-0.2, -0.15) is 15.2 Å². The molecule has 0 radical (unpaired) electrons. The van der Waals surface area contributed by atoms with E-state index in [4.69, 9.17) is 33.8 Å². The molecule has 1 aliphatic carbocycles. The number of nitriles is 1. The van der Waals surface area contributed by atoms with E-state index in [1.165, 1.54) is 4.57 Å². The van der Waals surface area contributed by atoms with Crippen molar-refractivity contribution in [2.45, 2.75) is 38.3 Å². The zero-order valence-corrected chi connectivity index (χ0v) is 18.3. The summed E-state index contributed by atoms with van der Waals surface area (Å²) >= 11 is 6.31. The Morgan fingerprint density at radius 1 is 1.30 bits per heavy atom. The van der Waals surface area contributed by atoms with Crippen LogP contribution in [0.15, 0.2) is 23.0 Å². The van der Waals surface area contributed by atoms with Crippen LogP contribution in [0.5, 0.6) is 0 Å². The molecule has 1 aromatic carbocycles. The quantitative estimate of drug-likeness (QED) is 0.381. The molecule has 0 bridgehead atoms. The minimum Gasteiger partial charge on any atom is -0.382 e. The number of aromatic nitrogens is 4. The number of nitrogen functional groups attached to an aromatic ring is 2. The van der Waals surface area contributed by atoms with Crippen LogP contribution in [0.2, 0.25) is 5.02 Å². The summed E-state index contributed by atoms with van der Waals surface area (Å²) in [6, 6.07) is 6.59. The molecule has 11 nitrogen and oxygen atoms in total. The van der Waals surface area contributed by atoms with E-state index < -0.39 is 11.9 Å². The van der Waals surface area contributed by atoms with E-state index in [0.29, 0.717) is 28.2 Å². The predicted molar refractivity (Wildman–Crippen MR) is 124 cm³/mol. The Labute approximate surface area is 193 Å². The SMILES string of the molecule is N#Cc1c(N)nc(N)nc1NC(c1nc2cccc(Cl)c2c(=O)n1CCCC(N)=O)C1CC1. The number of fused-ring (bicyclic) bond motifs is 1. The van der Waals surface area contributed by atoms with Gasteiger partial charge in [0.2, 0.25) is 11.9 Å². The maximum atomic E-state index is 13.5. The van der Waals surface area contributed by atoms with Crippen molar-refractivity contribution in [1.82, 2.24) is 19.5 Å². The Morgan fingerprint density at radius 3 is 2.73 bits per heavy atom. The summed E-state index contributed by atoms with van der Waals surface area (Å²) in [5.74, 6) is 0.170. The van der Waals surface area contributed by atoms with Gasteiger partial charge in [0.15, 0.2) is 5.82 Å². The van der Waals surface area contributed by atoms with Gasteiger partial charge < -0.3 is 22.5 Å². The van der Waals surface area contributed by atoms with Gasteiger partial charge in [-0.05, 0) is 37.3 Å². The number of nitrogens with two attached hydrogens (primary N) is 3. The van der Waals surface area contributed by atoms with Crippen molar-refractivity contribution in [2.75, 3.05) is 16.8 Å². The molecule has 0 aliphatic heterocycles. The molecule has 1 fully saturated rings. The molecule has 0 spiro atoms. The van der Waals surface area contributed by atoms with Gasteiger partial charge in [0.25, 0.3) is 5.56 Å². The van der Waals surface area contributed by atoms with Crippen LogP contribution in [0.4, 0.5) is 17.6 Å². The van der Waals surface area contributed by atoms with Crippen molar-refractivity contribution >= 4 is 46.0 Å². The standard InChI is InChI=1S/C21H22ClN9O2/c22-12-3-1-4-13-15(12)20(33)31(8-2-5-14(24)32)19(27-13)16(10-6-7-10)28-18-11(9-23)17(25)29-21(26)30-18/h1,3-4,10,16H,2,5-8H2,(H2,24,32)(H5,25,26,28,29,30). The summed E-state index contributed by atoms with van der Waals surface area (Å²) in [5, 5.41) is 13.4. The van der Waals surface area contributed by atoms with Crippen molar-refractivity contribution in [1.29, 1.82) is 5.26 Å². The molecule has 3 aromatic rings. The van der Waals surface area contributed by atoms with Crippen molar-refractivity contribution in [2.24, 2.45) is 11.7 Å². The number of anilines is 3. The number of carbonyl (C=O) groups is 1. The number of benzene rings is 1. The predicted octanol–water partition coefficient (Wildman–Crippen LogP) is 1.70. The van der Waals surface area contributed by atoms with Crippen molar-refractivity contribution in [3.63, 3.8) is 0 Å². The molecule has 170 valence electrons. The molecule has 0 saturated heterocycles. The molecule has 33 heavy (non-hydrogen) atoms. The topological polar surface area (TPSA) is 192 Å². The summed E-state index contributed by atoms with van der Waals surface area (Å²) in [6.07, 6.45) is 2.25. The van der Waals surface area contributed by atoms with E-state index in [2.05, 4.69) is 15.3 Å². The first-order chi connectivity index (χ1) is 15.8. The first-order valence-corrected chi connectivity index (χ1v) is 10.7. The van der Waals surface area contributed by atoms with Crippen LogP contribution in [-0.4, -0.2) is 25.4 Å². The number of primary amides is 1. The highest BCUT2D eigenvalue weighted by Gasteiger charge is 2.36. The Bertz CT molecular complexity index is 1340. The third kappa shape index (κ3) is 4.51. The summed E-state index contributed by atoms with van der Waals surface area (Å²) in [5.41, 5.74) is 17.1. The fourth-order valence-corrected chi connectivity index (χ4v) is 4.04. The lowest BCUT2D eigenvalue weighted by molar-refractivity contribution is -0.118. The molecule has 4 rings (SSSR count). The third-order valence-electron chi connectivity index (χ3n) is 5.50. The molecule has 1 amide bonds. The second-order valence-corrected chi connectivity index (χ2v) is 8.30. The van der Waals surface area contributed by atoms with Crippen molar-refractivity contribution in [3.05, 3.63) is 45.0 Å². The monoisotopic (exact) mass is 467 g/mol. The van der Waals surface area contributed by atoms with Gasteiger partial charge in [0.1, 0.15) is 23.3 Å². The molecule has 1 atom stereocenters. The van der Waals surface area contributed by atoms with E-state index in [0.717, 1.165) is 12.8 Å². The van der Waals surface area contributed by atoms with Gasteiger partial charge in [-0.25, -0.2) is 4.98 Å². The number of hydrogen-bond donors (Lipinski definition) is 4. The van der Waals surface area contributed by atoms with E-state index in [-0.39, 0.29) is 47.6 Å². The van der Waals surface area contributed by atoms with Crippen LogP contribution in [0.25, 0.3) is 10.9 Å². The number of halogens is 1. The largest absolute Gasteiger partial charge is 0.382 e. The molecular formula is C21H22ClN9O2. The summed E-state index contributed by atoms with van der Waals surface area (Å²) < 4.78 is 1.51. The minimum absolute atomic E-state index is 0.0425. The Hall–Kier alpha value is -3.91. The molecule has 1 saturated carbocycles. The molecule has 1 unspecified atom stereocenters. The van der Waals surface area contributed by atoms with Gasteiger partial charge in [0, 0.05) is 13.0 Å². The highest BCUT2D eigenvalue weighted by atomic mass is 35.5. The number of rotatable bonds is 8. The summed E-state index contributed by atoms with van der Waals surface area (Å²) in [7, 11) is 0. The first-order valence-electron chi connectivity index (χ1n) is 10.4. The van der Waals surface area contributed by atoms with Gasteiger partial charge in [-0.15, -0.1) is 0 Å². The minimum atomic E-state index is -0.463. The van der Waals surface area contributed by atoms with Crippen LogP contribution < -0.4 is 28.1 Å². The smallest absolute Gasteiger partial charge is 0.262 e. The lowest BCUT2D eigenvalue weighted by Crippen LogP contribution is -2.31. The average Bonchev–Trinajstić information content (AvgIpc) is 3.58. The van der Waals surface area contributed by atoms with E-state index in [9.17, 15) is 14.9 Å². The Kier molecular flexibility index (Phi) is 6.02. The fourth-order valence-electron chi connectivity index (χ4n) is 3.79. The van der Waals surface area contributed by atoms with Crippen LogP contribution in [0, 0.1) is 17.2 Å². The number of nitrogens with one attached hydrogen (secondary N) is 1. The molecule has 2 aromatic heterocycles. The Morgan fingerprint density at radius 2 is 2.06 bits per heavy atom. The summed E-state index contributed by atoms with van der Waals surface area (Å²) in [4.78, 5) is 37.5. The zero-order chi connectivity index (χ0) is 23.7. The maximum Gasteiger partial charge on any atom is 0.262 e. The van der Waals surface area contributed by atoms with Crippen molar-refractivity contribution < 1.29 is 4.79 Å². The molecule has 12 heteroatoms.